The lowest BCUT2D eigenvalue weighted by Crippen LogP contribution is -2.51. The van der Waals surface area contributed by atoms with Crippen molar-refractivity contribution in [2.45, 2.75) is 50.8 Å². The topological polar surface area (TPSA) is 91.0 Å². The fourth-order valence-electron chi connectivity index (χ4n) is 4.24. The number of ether oxygens (including phenoxy) is 1. The lowest BCUT2D eigenvalue weighted by molar-refractivity contribution is -0.139. The van der Waals surface area contributed by atoms with Gasteiger partial charge in [-0.1, -0.05) is 36.4 Å². The molecule has 2 fully saturated rings. The average Bonchev–Trinajstić information content (AvgIpc) is 3.54. The van der Waals surface area contributed by atoms with Crippen LogP contribution in [0.5, 0.6) is 0 Å². The molecule has 0 aliphatic carbocycles. The van der Waals surface area contributed by atoms with Crippen LogP contribution in [0.4, 0.5) is 4.79 Å². The number of carbonyl (C=O) groups is 3. The quantitative estimate of drug-likeness (QED) is 0.521. The number of urea groups is 1. The number of benzene rings is 1. The summed E-state index contributed by atoms with van der Waals surface area (Å²) >= 11 is 1.63. The first-order valence-corrected chi connectivity index (χ1v) is 12.2. The van der Waals surface area contributed by atoms with Gasteiger partial charge in [-0.05, 0) is 49.6 Å². The molecule has 4 rings (SSSR count). The predicted octanol–water partition coefficient (Wildman–Crippen LogP) is 2.70. The Bertz CT molecular complexity index is 962. The second-order valence-electron chi connectivity index (χ2n) is 8.81. The molecule has 2 aliphatic rings. The molecule has 33 heavy (non-hydrogen) atoms. The van der Waals surface area contributed by atoms with Crippen molar-refractivity contribution in [3.63, 3.8) is 0 Å². The van der Waals surface area contributed by atoms with Crippen LogP contribution >= 0.6 is 11.3 Å². The normalized spacial score (nSPS) is 22.7. The minimum atomic E-state index is -1.06. The average molecular weight is 471 g/mol. The van der Waals surface area contributed by atoms with Gasteiger partial charge in [-0.3, -0.25) is 19.9 Å². The Morgan fingerprint density at radius 2 is 2.09 bits per heavy atom. The number of amides is 4. The summed E-state index contributed by atoms with van der Waals surface area (Å²) < 4.78 is 5.74. The van der Waals surface area contributed by atoms with E-state index in [0.29, 0.717) is 25.9 Å². The number of hydrogen-bond donors (Lipinski definition) is 2. The molecule has 0 radical (unpaired) electrons. The molecule has 8 nitrogen and oxygen atoms in total. The Morgan fingerprint density at radius 1 is 1.27 bits per heavy atom. The van der Waals surface area contributed by atoms with E-state index in [2.05, 4.69) is 10.7 Å². The van der Waals surface area contributed by atoms with Crippen LogP contribution in [0.3, 0.4) is 0 Å². The van der Waals surface area contributed by atoms with Crippen LogP contribution in [0.25, 0.3) is 0 Å². The molecular weight excluding hydrogens is 440 g/mol. The van der Waals surface area contributed by atoms with Gasteiger partial charge in [0.25, 0.3) is 11.8 Å². The molecule has 0 saturated carbocycles. The van der Waals surface area contributed by atoms with Crippen molar-refractivity contribution < 1.29 is 19.1 Å². The number of hydrogen-bond acceptors (Lipinski definition) is 6. The van der Waals surface area contributed by atoms with Crippen molar-refractivity contribution in [1.29, 1.82) is 0 Å². The van der Waals surface area contributed by atoms with Crippen LogP contribution < -0.4 is 10.7 Å². The first-order valence-electron chi connectivity index (χ1n) is 11.3. The number of rotatable bonds is 10. The highest BCUT2D eigenvalue weighted by Crippen LogP contribution is 2.22. The number of carbonyl (C=O) groups excluding carboxylic acids is 3. The van der Waals surface area contributed by atoms with Gasteiger partial charge in [0.05, 0.1) is 12.6 Å². The van der Waals surface area contributed by atoms with Crippen LogP contribution in [-0.4, -0.2) is 59.1 Å². The van der Waals surface area contributed by atoms with E-state index in [0.717, 1.165) is 34.9 Å². The zero-order chi connectivity index (χ0) is 23.3. The summed E-state index contributed by atoms with van der Waals surface area (Å²) in [6.45, 7) is 3.74. The maximum absolute atomic E-state index is 13.0. The van der Waals surface area contributed by atoms with Crippen molar-refractivity contribution >= 4 is 29.2 Å². The molecule has 4 amide bonds. The van der Waals surface area contributed by atoms with E-state index in [1.807, 2.05) is 52.7 Å². The van der Waals surface area contributed by atoms with Crippen LogP contribution in [0.2, 0.25) is 0 Å². The number of imide groups is 1. The third-order valence-corrected chi connectivity index (χ3v) is 6.93. The van der Waals surface area contributed by atoms with Gasteiger partial charge >= 0.3 is 6.03 Å². The monoisotopic (exact) mass is 470 g/mol. The molecule has 2 N–H and O–H groups in total. The number of hydrazine groups is 1. The Kier molecular flexibility index (Phi) is 7.42. The van der Waals surface area contributed by atoms with Crippen LogP contribution in [0.1, 0.15) is 36.6 Å². The van der Waals surface area contributed by atoms with Gasteiger partial charge in [-0.15, -0.1) is 11.3 Å². The number of nitrogens with zero attached hydrogens (tertiary/aromatic N) is 2. The molecule has 0 unspecified atom stereocenters. The van der Waals surface area contributed by atoms with Crippen molar-refractivity contribution in [3.8, 4) is 0 Å². The standard InChI is InChI=1S/C24H30N4O4S/c1-24(12-11-18-7-3-2-4-8-18)22(30)28(23(31)25-24)26-21(29)17-27(15-19-9-5-13-32-19)16-20-10-6-14-33-20/h2-4,6-8,10,14,19H,5,9,11-13,15-17H2,1H3,(H,25,31)(H,26,29)/t19-,24-/m0/s1. The summed E-state index contributed by atoms with van der Waals surface area (Å²) in [6.07, 6.45) is 3.16. The SMILES string of the molecule is C[C@@]1(CCc2ccccc2)NC(=O)N(NC(=O)CN(Cc2cccs2)C[C@@H]2CCCO2)C1=O. The van der Waals surface area contributed by atoms with E-state index in [1.54, 1.807) is 18.3 Å². The Morgan fingerprint density at radius 3 is 2.79 bits per heavy atom. The van der Waals surface area contributed by atoms with Gasteiger partial charge in [0.2, 0.25) is 0 Å². The highest BCUT2D eigenvalue weighted by Gasteiger charge is 2.48. The third-order valence-electron chi connectivity index (χ3n) is 6.07. The van der Waals surface area contributed by atoms with Gasteiger partial charge in [0, 0.05) is 24.6 Å². The Labute approximate surface area is 197 Å². The molecule has 9 heteroatoms. The van der Waals surface area contributed by atoms with Crippen molar-refractivity contribution in [1.82, 2.24) is 20.7 Å². The number of nitrogens with one attached hydrogen (secondary N) is 2. The first-order chi connectivity index (χ1) is 15.9. The molecule has 1 aromatic carbocycles. The zero-order valence-corrected chi connectivity index (χ0v) is 19.6. The summed E-state index contributed by atoms with van der Waals surface area (Å²) in [5.41, 5.74) is 2.54. The Hall–Kier alpha value is -2.75. The second-order valence-corrected chi connectivity index (χ2v) is 9.84. The summed E-state index contributed by atoms with van der Waals surface area (Å²) in [4.78, 5) is 41.5. The molecular formula is C24H30N4O4S. The molecule has 0 bridgehead atoms. The molecule has 0 spiro atoms. The van der Waals surface area contributed by atoms with Crippen LogP contribution in [0.15, 0.2) is 47.8 Å². The molecule has 2 aliphatic heterocycles. The minimum Gasteiger partial charge on any atom is -0.377 e. The lowest BCUT2D eigenvalue weighted by atomic mass is 9.93. The summed E-state index contributed by atoms with van der Waals surface area (Å²) in [7, 11) is 0. The van der Waals surface area contributed by atoms with Crippen molar-refractivity contribution in [2.24, 2.45) is 0 Å². The Balaban J connectivity index is 1.35. The summed E-state index contributed by atoms with van der Waals surface area (Å²) in [5.74, 6) is -0.846. The smallest absolute Gasteiger partial charge is 0.344 e. The molecule has 1 aromatic heterocycles. The number of aryl methyl sites for hydroxylation is 1. The number of thiophene rings is 1. The van der Waals surface area contributed by atoms with Crippen LogP contribution in [-0.2, 0) is 27.3 Å². The van der Waals surface area contributed by atoms with E-state index in [9.17, 15) is 14.4 Å². The second kappa shape index (κ2) is 10.5. The third kappa shape index (κ3) is 5.98. The zero-order valence-electron chi connectivity index (χ0n) is 18.8. The molecule has 2 atom stereocenters. The van der Waals surface area contributed by atoms with E-state index in [-0.39, 0.29) is 12.6 Å². The van der Waals surface area contributed by atoms with Gasteiger partial charge in [-0.2, -0.15) is 5.01 Å². The van der Waals surface area contributed by atoms with E-state index in [4.69, 9.17) is 4.74 Å². The maximum atomic E-state index is 13.0. The fraction of sp³-hybridized carbons (Fsp3) is 0.458. The lowest BCUT2D eigenvalue weighted by Gasteiger charge is -2.25. The van der Waals surface area contributed by atoms with E-state index >= 15 is 0 Å². The van der Waals surface area contributed by atoms with E-state index in [1.165, 1.54) is 0 Å². The largest absolute Gasteiger partial charge is 0.377 e. The molecule has 2 aromatic rings. The molecule has 2 saturated heterocycles. The van der Waals surface area contributed by atoms with Crippen LogP contribution in [0, 0.1) is 0 Å². The van der Waals surface area contributed by atoms with Gasteiger partial charge in [0.1, 0.15) is 5.54 Å². The predicted molar refractivity (Wildman–Crippen MR) is 125 cm³/mol. The highest BCUT2D eigenvalue weighted by atomic mass is 32.1. The highest BCUT2D eigenvalue weighted by molar-refractivity contribution is 7.09. The van der Waals surface area contributed by atoms with Crippen molar-refractivity contribution in [2.75, 3.05) is 19.7 Å². The van der Waals surface area contributed by atoms with Gasteiger partial charge in [0.15, 0.2) is 0 Å². The van der Waals surface area contributed by atoms with Gasteiger partial charge < -0.3 is 10.1 Å². The van der Waals surface area contributed by atoms with Gasteiger partial charge in [-0.25, -0.2) is 4.79 Å². The van der Waals surface area contributed by atoms with Crippen molar-refractivity contribution in [3.05, 3.63) is 58.3 Å². The fourth-order valence-corrected chi connectivity index (χ4v) is 4.99. The first kappa shape index (κ1) is 23.4. The van der Waals surface area contributed by atoms with E-state index < -0.39 is 23.4 Å². The molecule has 3 heterocycles. The minimum absolute atomic E-state index is 0.0650. The summed E-state index contributed by atoms with van der Waals surface area (Å²) in [5, 5.41) is 5.57. The molecule has 176 valence electrons. The maximum Gasteiger partial charge on any atom is 0.344 e. The summed E-state index contributed by atoms with van der Waals surface area (Å²) in [6, 6.07) is 13.2.